The van der Waals surface area contributed by atoms with Gasteiger partial charge in [-0.05, 0) is 18.2 Å². The average molecular weight is 282 g/mol. The molecule has 0 saturated carbocycles. The summed E-state index contributed by atoms with van der Waals surface area (Å²) in [4.78, 5) is -0.0237. The van der Waals surface area contributed by atoms with Gasteiger partial charge in [-0.25, -0.2) is 13.6 Å². The Balaban J connectivity index is 0.00000169. The molecule has 14 heavy (non-hydrogen) atoms. The third-order valence-corrected chi connectivity index (χ3v) is 2.86. The van der Waals surface area contributed by atoms with Crippen molar-refractivity contribution in [2.45, 2.75) is 12.3 Å². The number of primary sulfonamides is 1. The third-order valence-electron chi connectivity index (χ3n) is 1.43. The molecular formula is C8H12BrNO3S. The first-order valence-corrected chi connectivity index (χ1v) is 5.65. The predicted molar refractivity (Wildman–Crippen MR) is 58.8 cm³/mol. The summed E-state index contributed by atoms with van der Waals surface area (Å²) in [5.74, 6) is 0.241. The maximum absolute atomic E-state index is 11.0. The first-order valence-electron chi connectivity index (χ1n) is 3.31. The summed E-state index contributed by atoms with van der Waals surface area (Å²) >= 11 is 3.14. The van der Waals surface area contributed by atoms with E-state index in [2.05, 4.69) is 15.9 Å². The number of hydrogen-bond donors (Lipinski definition) is 1. The van der Waals surface area contributed by atoms with Crippen molar-refractivity contribution in [3.63, 3.8) is 0 Å². The van der Waals surface area contributed by atoms with Crippen molar-refractivity contribution in [1.29, 1.82) is 0 Å². The Hall–Kier alpha value is -0.590. The van der Waals surface area contributed by atoms with Crippen LogP contribution in [0.5, 0.6) is 5.75 Å². The van der Waals surface area contributed by atoms with Crippen LogP contribution in [0.25, 0.3) is 0 Å². The van der Waals surface area contributed by atoms with E-state index in [1.807, 2.05) is 0 Å². The zero-order valence-corrected chi connectivity index (χ0v) is 9.22. The number of benzene rings is 1. The molecule has 0 aromatic heterocycles. The van der Waals surface area contributed by atoms with Crippen LogP contribution in [0.2, 0.25) is 0 Å². The second-order valence-corrected chi connectivity index (χ2v) is 4.79. The molecule has 0 bridgehead atoms. The Kier molecular flexibility index (Phi) is 4.57. The number of rotatable bonds is 2. The van der Waals surface area contributed by atoms with Gasteiger partial charge in [0.25, 0.3) is 0 Å². The topological polar surface area (TPSA) is 69.4 Å². The van der Waals surface area contributed by atoms with E-state index in [-0.39, 0.29) is 18.1 Å². The van der Waals surface area contributed by atoms with Crippen LogP contribution in [-0.2, 0) is 10.0 Å². The van der Waals surface area contributed by atoms with Gasteiger partial charge in [-0.3, -0.25) is 0 Å². The lowest BCUT2D eigenvalue weighted by atomic mass is 10.3. The fourth-order valence-corrected chi connectivity index (χ4v) is 2.11. The van der Waals surface area contributed by atoms with Crippen molar-refractivity contribution < 1.29 is 13.2 Å². The van der Waals surface area contributed by atoms with Gasteiger partial charge in [0.1, 0.15) is 10.6 Å². The van der Waals surface area contributed by atoms with Crippen LogP contribution in [0.4, 0.5) is 0 Å². The fourth-order valence-electron chi connectivity index (χ4n) is 0.873. The summed E-state index contributed by atoms with van der Waals surface area (Å²) in [5.41, 5.74) is 0. The van der Waals surface area contributed by atoms with E-state index in [0.29, 0.717) is 4.47 Å². The molecule has 1 aromatic rings. The molecule has 0 spiro atoms. The highest BCUT2D eigenvalue weighted by atomic mass is 79.9. The Labute approximate surface area is 92.2 Å². The van der Waals surface area contributed by atoms with Gasteiger partial charge in [-0.15, -0.1) is 0 Å². The molecule has 1 rings (SSSR count). The molecule has 0 aliphatic rings. The first-order chi connectivity index (χ1) is 5.95. The molecular weight excluding hydrogens is 270 g/mol. The Morgan fingerprint density at radius 1 is 1.43 bits per heavy atom. The Morgan fingerprint density at radius 2 is 2.00 bits per heavy atom. The molecule has 4 nitrogen and oxygen atoms in total. The second kappa shape index (κ2) is 4.77. The number of hydrogen-bond acceptors (Lipinski definition) is 3. The minimum atomic E-state index is -3.72. The largest absolute Gasteiger partial charge is 0.495 e. The molecule has 1 aromatic carbocycles. The highest BCUT2D eigenvalue weighted by molar-refractivity contribution is 9.10. The lowest BCUT2D eigenvalue weighted by Gasteiger charge is -2.05. The van der Waals surface area contributed by atoms with E-state index in [4.69, 9.17) is 9.88 Å². The minimum Gasteiger partial charge on any atom is -0.495 e. The Morgan fingerprint density at radius 3 is 2.43 bits per heavy atom. The molecule has 0 aliphatic carbocycles. The smallest absolute Gasteiger partial charge is 0.241 e. The van der Waals surface area contributed by atoms with Crippen molar-refractivity contribution in [1.82, 2.24) is 0 Å². The monoisotopic (exact) mass is 281 g/mol. The number of methoxy groups -OCH3 is 1. The number of halogens is 1. The van der Waals surface area contributed by atoms with Gasteiger partial charge in [-0.2, -0.15) is 0 Å². The lowest BCUT2D eigenvalue weighted by Crippen LogP contribution is -2.13. The standard InChI is InChI=1S/C7H8BrNO3S.CH4/c1-12-6-3-2-5(8)4-7(6)13(9,10)11;/h2-4H,1H3,(H2,9,10,11);1H4. The van der Waals surface area contributed by atoms with E-state index >= 15 is 0 Å². The third kappa shape index (κ3) is 2.97. The molecule has 0 aliphatic heterocycles. The number of nitrogens with two attached hydrogens (primary N) is 1. The molecule has 0 fully saturated rings. The molecule has 0 heterocycles. The first kappa shape index (κ1) is 13.4. The number of sulfonamides is 1. The van der Waals surface area contributed by atoms with E-state index in [9.17, 15) is 8.42 Å². The second-order valence-electron chi connectivity index (χ2n) is 2.34. The van der Waals surface area contributed by atoms with E-state index in [1.54, 1.807) is 6.07 Å². The van der Waals surface area contributed by atoms with Gasteiger partial charge < -0.3 is 4.74 Å². The van der Waals surface area contributed by atoms with Gasteiger partial charge in [0.2, 0.25) is 10.0 Å². The quantitative estimate of drug-likeness (QED) is 0.898. The normalized spacial score (nSPS) is 10.5. The molecule has 0 unspecified atom stereocenters. The summed E-state index contributed by atoms with van der Waals surface area (Å²) in [5, 5.41) is 4.97. The highest BCUT2D eigenvalue weighted by Crippen LogP contribution is 2.25. The van der Waals surface area contributed by atoms with Crippen molar-refractivity contribution in [2.75, 3.05) is 7.11 Å². The molecule has 80 valence electrons. The zero-order valence-electron chi connectivity index (χ0n) is 6.82. The van der Waals surface area contributed by atoms with Crippen LogP contribution in [-0.4, -0.2) is 15.5 Å². The fraction of sp³-hybridized carbons (Fsp3) is 0.250. The summed E-state index contributed by atoms with van der Waals surface area (Å²) in [6.45, 7) is 0. The van der Waals surface area contributed by atoms with Gasteiger partial charge in [-0.1, -0.05) is 23.4 Å². The summed E-state index contributed by atoms with van der Waals surface area (Å²) in [6, 6.07) is 4.60. The molecule has 2 N–H and O–H groups in total. The van der Waals surface area contributed by atoms with Gasteiger partial charge >= 0.3 is 0 Å². The van der Waals surface area contributed by atoms with E-state index in [1.165, 1.54) is 19.2 Å². The Bertz CT molecular complexity index is 417. The van der Waals surface area contributed by atoms with Crippen molar-refractivity contribution in [3.8, 4) is 5.75 Å². The number of ether oxygens (including phenoxy) is 1. The maximum Gasteiger partial charge on any atom is 0.241 e. The average Bonchev–Trinajstić information content (AvgIpc) is 2.03. The maximum atomic E-state index is 11.0. The van der Waals surface area contributed by atoms with Crippen LogP contribution in [0.15, 0.2) is 27.6 Å². The van der Waals surface area contributed by atoms with Crippen molar-refractivity contribution >= 4 is 26.0 Å². The van der Waals surface area contributed by atoms with Crippen LogP contribution in [0.1, 0.15) is 7.43 Å². The highest BCUT2D eigenvalue weighted by Gasteiger charge is 2.14. The van der Waals surface area contributed by atoms with Crippen LogP contribution >= 0.6 is 15.9 Å². The van der Waals surface area contributed by atoms with Crippen molar-refractivity contribution in [2.24, 2.45) is 5.14 Å². The van der Waals surface area contributed by atoms with Crippen LogP contribution in [0.3, 0.4) is 0 Å². The zero-order chi connectivity index (χ0) is 10.1. The van der Waals surface area contributed by atoms with Crippen LogP contribution in [0, 0.1) is 0 Å². The molecule has 0 amide bonds. The van der Waals surface area contributed by atoms with Crippen LogP contribution < -0.4 is 9.88 Å². The summed E-state index contributed by atoms with van der Waals surface area (Å²) in [6.07, 6.45) is 0. The minimum absolute atomic E-state index is 0. The molecule has 0 atom stereocenters. The van der Waals surface area contributed by atoms with Crippen molar-refractivity contribution in [3.05, 3.63) is 22.7 Å². The van der Waals surface area contributed by atoms with E-state index < -0.39 is 10.0 Å². The van der Waals surface area contributed by atoms with E-state index in [0.717, 1.165) is 0 Å². The molecule has 0 radical (unpaired) electrons. The van der Waals surface area contributed by atoms with Gasteiger partial charge in [0.05, 0.1) is 7.11 Å². The van der Waals surface area contributed by atoms with Gasteiger partial charge in [0, 0.05) is 4.47 Å². The molecule has 0 saturated heterocycles. The lowest BCUT2D eigenvalue weighted by molar-refractivity contribution is 0.402. The summed E-state index contributed by atoms with van der Waals surface area (Å²) in [7, 11) is -2.34. The SMILES string of the molecule is C.COc1ccc(Br)cc1S(N)(=O)=O. The summed E-state index contributed by atoms with van der Waals surface area (Å²) < 4.78 is 27.6. The van der Waals surface area contributed by atoms with Gasteiger partial charge in [0.15, 0.2) is 0 Å². The predicted octanol–water partition coefficient (Wildman–Crippen LogP) is 1.74. The molecule has 6 heteroatoms.